The summed E-state index contributed by atoms with van der Waals surface area (Å²) in [6.07, 6.45) is 6.41. The Morgan fingerprint density at radius 3 is 2.58 bits per heavy atom. The number of aryl methyl sites for hydroxylation is 1. The molecule has 0 heterocycles. The summed E-state index contributed by atoms with van der Waals surface area (Å²) in [6, 6.07) is 8.11. The third kappa shape index (κ3) is 3.82. The molecule has 0 spiro atoms. The number of hydrogen-bond donors (Lipinski definition) is 1. The van der Waals surface area contributed by atoms with Crippen molar-refractivity contribution in [1.29, 1.82) is 0 Å². The maximum atomic E-state index is 12.3. The van der Waals surface area contributed by atoms with Crippen LogP contribution in [-0.2, 0) is 11.2 Å². The summed E-state index contributed by atoms with van der Waals surface area (Å²) in [5, 5.41) is 4.13. The van der Waals surface area contributed by atoms with Crippen LogP contribution in [-0.4, -0.2) is 16.8 Å². The third-order valence-electron chi connectivity index (χ3n) is 4.08. The van der Waals surface area contributed by atoms with Crippen molar-refractivity contribution in [3.8, 4) is 0 Å². The summed E-state index contributed by atoms with van der Waals surface area (Å²) in [6.45, 7) is 2.06. The molecule has 1 saturated carbocycles. The van der Waals surface area contributed by atoms with E-state index in [4.69, 9.17) is 0 Å². The van der Waals surface area contributed by atoms with Crippen LogP contribution >= 0.6 is 15.9 Å². The zero-order valence-electron chi connectivity index (χ0n) is 11.5. The van der Waals surface area contributed by atoms with Crippen LogP contribution in [0.2, 0.25) is 0 Å². The smallest absolute Gasteiger partial charge is 0.224 e. The molecule has 0 bridgehead atoms. The van der Waals surface area contributed by atoms with Gasteiger partial charge in [-0.05, 0) is 30.9 Å². The molecule has 1 amide bonds. The van der Waals surface area contributed by atoms with Gasteiger partial charge in [0.15, 0.2) is 0 Å². The van der Waals surface area contributed by atoms with Crippen molar-refractivity contribution in [3.05, 3.63) is 35.4 Å². The van der Waals surface area contributed by atoms with Crippen LogP contribution in [0.1, 0.15) is 43.2 Å². The average molecular weight is 324 g/mol. The third-order valence-corrected chi connectivity index (χ3v) is 5.16. The van der Waals surface area contributed by atoms with Crippen molar-refractivity contribution in [2.45, 2.75) is 51.0 Å². The van der Waals surface area contributed by atoms with Crippen LogP contribution in [0.15, 0.2) is 24.3 Å². The summed E-state index contributed by atoms with van der Waals surface area (Å²) in [4.78, 5) is 12.3. The fourth-order valence-electron chi connectivity index (χ4n) is 2.84. The number of benzene rings is 1. The molecule has 0 aromatic heterocycles. The molecule has 0 saturated heterocycles. The lowest BCUT2D eigenvalue weighted by Gasteiger charge is -2.36. The van der Waals surface area contributed by atoms with Gasteiger partial charge >= 0.3 is 0 Å². The largest absolute Gasteiger partial charge is 0.350 e. The Kier molecular flexibility index (Phi) is 5.03. The van der Waals surface area contributed by atoms with Crippen LogP contribution in [0, 0.1) is 6.92 Å². The predicted molar refractivity (Wildman–Crippen MR) is 82.6 cm³/mol. The molecule has 0 radical (unpaired) electrons. The minimum absolute atomic E-state index is 0.0159. The van der Waals surface area contributed by atoms with Crippen LogP contribution < -0.4 is 5.32 Å². The maximum absolute atomic E-state index is 12.3. The molecule has 3 heteroatoms. The van der Waals surface area contributed by atoms with Crippen LogP contribution in [0.5, 0.6) is 0 Å². The molecule has 19 heavy (non-hydrogen) atoms. The van der Waals surface area contributed by atoms with E-state index in [2.05, 4.69) is 34.2 Å². The second kappa shape index (κ2) is 6.56. The second-order valence-corrected chi connectivity index (χ2v) is 6.19. The van der Waals surface area contributed by atoms with E-state index >= 15 is 0 Å². The molecule has 1 aromatic carbocycles. The first kappa shape index (κ1) is 14.6. The van der Waals surface area contributed by atoms with Gasteiger partial charge < -0.3 is 5.32 Å². The molecule has 0 atom stereocenters. The Bertz CT molecular complexity index is 438. The Hall–Kier alpha value is -0.830. The zero-order chi connectivity index (χ0) is 13.7. The van der Waals surface area contributed by atoms with Gasteiger partial charge in [-0.25, -0.2) is 0 Å². The highest BCUT2D eigenvalue weighted by atomic mass is 79.9. The molecule has 0 unspecified atom stereocenters. The average Bonchev–Trinajstić information content (AvgIpc) is 2.42. The van der Waals surface area contributed by atoms with Gasteiger partial charge in [-0.2, -0.15) is 0 Å². The van der Waals surface area contributed by atoms with Gasteiger partial charge in [-0.1, -0.05) is 59.5 Å². The maximum Gasteiger partial charge on any atom is 0.224 e. The number of carbonyl (C=O) groups is 1. The Labute approximate surface area is 124 Å². The van der Waals surface area contributed by atoms with Gasteiger partial charge in [-0.3, -0.25) is 4.79 Å². The lowest BCUT2D eigenvalue weighted by Crippen LogP contribution is -2.51. The summed E-state index contributed by atoms with van der Waals surface area (Å²) < 4.78 is 0. The Balaban J connectivity index is 1.98. The fraction of sp³-hybridized carbons (Fsp3) is 0.562. The minimum Gasteiger partial charge on any atom is -0.350 e. The van der Waals surface area contributed by atoms with E-state index in [1.54, 1.807) is 0 Å². The zero-order valence-corrected chi connectivity index (χ0v) is 13.1. The van der Waals surface area contributed by atoms with E-state index in [0.29, 0.717) is 6.42 Å². The van der Waals surface area contributed by atoms with Crippen molar-refractivity contribution < 1.29 is 4.79 Å². The molecule has 0 aliphatic heterocycles. The lowest BCUT2D eigenvalue weighted by molar-refractivity contribution is -0.122. The van der Waals surface area contributed by atoms with Crippen molar-refractivity contribution in [2.24, 2.45) is 0 Å². The summed E-state index contributed by atoms with van der Waals surface area (Å²) >= 11 is 3.58. The van der Waals surface area contributed by atoms with Crippen molar-refractivity contribution in [3.63, 3.8) is 0 Å². The normalized spacial score (nSPS) is 18.0. The number of alkyl halides is 1. The molecular formula is C16H22BrNO. The SMILES string of the molecule is Cc1ccccc1CC(=O)NC1(CBr)CCCCC1. The van der Waals surface area contributed by atoms with Gasteiger partial charge in [0.2, 0.25) is 5.91 Å². The molecule has 1 aliphatic rings. The monoisotopic (exact) mass is 323 g/mol. The number of nitrogens with one attached hydrogen (secondary N) is 1. The second-order valence-electron chi connectivity index (χ2n) is 5.63. The van der Waals surface area contributed by atoms with Crippen LogP contribution in [0.4, 0.5) is 0 Å². The molecule has 2 nitrogen and oxygen atoms in total. The molecule has 1 aromatic rings. The van der Waals surface area contributed by atoms with Gasteiger partial charge in [0, 0.05) is 10.9 Å². The van der Waals surface area contributed by atoms with E-state index in [0.717, 1.165) is 23.7 Å². The Morgan fingerprint density at radius 2 is 1.95 bits per heavy atom. The van der Waals surface area contributed by atoms with Crippen molar-refractivity contribution in [1.82, 2.24) is 5.32 Å². The molecular weight excluding hydrogens is 302 g/mol. The topological polar surface area (TPSA) is 29.1 Å². The Morgan fingerprint density at radius 1 is 1.26 bits per heavy atom. The summed E-state index contributed by atoms with van der Waals surface area (Å²) in [5.41, 5.74) is 2.30. The van der Waals surface area contributed by atoms with E-state index in [1.807, 2.05) is 18.2 Å². The van der Waals surface area contributed by atoms with Crippen LogP contribution in [0.25, 0.3) is 0 Å². The molecule has 1 fully saturated rings. The highest BCUT2D eigenvalue weighted by molar-refractivity contribution is 9.09. The van der Waals surface area contributed by atoms with E-state index in [-0.39, 0.29) is 11.4 Å². The molecule has 1 aliphatic carbocycles. The molecule has 104 valence electrons. The molecule has 1 N–H and O–H groups in total. The van der Waals surface area contributed by atoms with E-state index < -0.39 is 0 Å². The molecule has 2 rings (SSSR count). The predicted octanol–water partition coefficient (Wildman–Crippen LogP) is 3.75. The van der Waals surface area contributed by atoms with Crippen molar-refractivity contribution >= 4 is 21.8 Å². The number of rotatable bonds is 4. The number of hydrogen-bond acceptors (Lipinski definition) is 1. The van der Waals surface area contributed by atoms with Crippen LogP contribution in [0.3, 0.4) is 0 Å². The van der Waals surface area contributed by atoms with Gasteiger partial charge in [0.25, 0.3) is 0 Å². The van der Waals surface area contributed by atoms with Gasteiger partial charge in [0.05, 0.1) is 6.42 Å². The minimum atomic E-state index is -0.0159. The van der Waals surface area contributed by atoms with Gasteiger partial charge in [0.1, 0.15) is 0 Å². The first-order chi connectivity index (χ1) is 9.15. The van der Waals surface area contributed by atoms with Crippen molar-refractivity contribution in [2.75, 3.05) is 5.33 Å². The first-order valence-electron chi connectivity index (χ1n) is 7.07. The number of amides is 1. The summed E-state index contributed by atoms with van der Waals surface area (Å²) in [7, 11) is 0. The fourth-order valence-corrected chi connectivity index (χ4v) is 3.54. The number of carbonyl (C=O) groups excluding carboxylic acids is 1. The highest BCUT2D eigenvalue weighted by Crippen LogP contribution is 2.29. The number of halogens is 1. The highest BCUT2D eigenvalue weighted by Gasteiger charge is 2.32. The first-order valence-corrected chi connectivity index (χ1v) is 8.19. The lowest BCUT2D eigenvalue weighted by atomic mass is 9.83. The van der Waals surface area contributed by atoms with Gasteiger partial charge in [-0.15, -0.1) is 0 Å². The standard InChI is InChI=1S/C16H22BrNO/c1-13-7-3-4-8-14(13)11-15(19)18-16(12-17)9-5-2-6-10-16/h3-4,7-8H,2,5-6,9-12H2,1H3,(H,18,19). The quantitative estimate of drug-likeness (QED) is 0.840. The summed E-state index contributed by atoms with van der Waals surface area (Å²) in [5.74, 6) is 0.149. The van der Waals surface area contributed by atoms with E-state index in [1.165, 1.54) is 24.8 Å². The van der Waals surface area contributed by atoms with E-state index in [9.17, 15) is 4.79 Å².